The first-order chi connectivity index (χ1) is 6.95. The van der Waals surface area contributed by atoms with E-state index in [4.69, 9.17) is 0 Å². The van der Waals surface area contributed by atoms with Gasteiger partial charge in [-0.1, -0.05) is 36.4 Å². The highest BCUT2D eigenvalue weighted by Crippen LogP contribution is 2.02. The first-order valence-corrected chi connectivity index (χ1v) is 4.64. The van der Waals surface area contributed by atoms with E-state index < -0.39 is 0 Å². The summed E-state index contributed by atoms with van der Waals surface area (Å²) in [5.41, 5.74) is 2.29. The van der Waals surface area contributed by atoms with Crippen molar-refractivity contribution in [3.63, 3.8) is 0 Å². The highest BCUT2D eigenvalue weighted by molar-refractivity contribution is 5.43. The van der Waals surface area contributed by atoms with Gasteiger partial charge in [0.2, 0.25) is 0 Å². The van der Waals surface area contributed by atoms with E-state index in [-0.39, 0.29) is 0 Å². The van der Waals surface area contributed by atoms with E-state index >= 15 is 0 Å². The lowest BCUT2D eigenvalue weighted by atomic mass is 10.1. The quantitative estimate of drug-likeness (QED) is 0.780. The first kappa shape index (κ1) is 8.75. The molecule has 0 fully saturated rings. The minimum Gasteiger partial charge on any atom is -0.351 e. The Morgan fingerprint density at radius 3 is 2.79 bits per heavy atom. The van der Waals surface area contributed by atoms with E-state index in [1.165, 1.54) is 5.56 Å². The minimum atomic E-state index is 0.952. The zero-order valence-corrected chi connectivity index (χ0v) is 7.85. The van der Waals surface area contributed by atoms with Crippen LogP contribution in [0.25, 0.3) is 6.08 Å². The zero-order valence-electron chi connectivity index (χ0n) is 7.85. The van der Waals surface area contributed by atoms with Gasteiger partial charge in [-0.3, -0.25) is 0 Å². The summed E-state index contributed by atoms with van der Waals surface area (Å²) in [5.74, 6) is 0. The average Bonchev–Trinajstić information content (AvgIpc) is 2.72. The first-order valence-electron chi connectivity index (χ1n) is 4.64. The molecule has 0 saturated carbocycles. The summed E-state index contributed by atoms with van der Waals surface area (Å²) in [7, 11) is 0. The third kappa shape index (κ3) is 2.33. The standard InChI is InChI=1S/C12H12N2/c1-2-5-11(6-3-1)7-4-8-12-9-13-10-14-12/h1-6,8-10H,7H2,(H,13,14)/b8-4+. The molecule has 0 saturated heterocycles. The minimum absolute atomic E-state index is 0.952. The molecule has 0 bridgehead atoms. The van der Waals surface area contributed by atoms with Crippen molar-refractivity contribution in [1.82, 2.24) is 9.97 Å². The van der Waals surface area contributed by atoms with Gasteiger partial charge in [-0.05, 0) is 18.1 Å². The highest BCUT2D eigenvalue weighted by atomic mass is 14.8. The van der Waals surface area contributed by atoms with Crippen LogP contribution in [0, 0.1) is 0 Å². The molecule has 1 heterocycles. The largest absolute Gasteiger partial charge is 0.351 e. The Hall–Kier alpha value is -1.83. The van der Waals surface area contributed by atoms with Crippen LogP contribution in [-0.4, -0.2) is 9.97 Å². The third-order valence-corrected chi connectivity index (χ3v) is 2.00. The van der Waals surface area contributed by atoms with Gasteiger partial charge in [0.1, 0.15) is 0 Å². The predicted octanol–water partition coefficient (Wildman–Crippen LogP) is 2.67. The smallest absolute Gasteiger partial charge is 0.0927 e. The number of H-pyrrole nitrogens is 1. The summed E-state index contributed by atoms with van der Waals surface area (Å²) in [6.07, 6.45) is 8.65. The average molecular weight is 184 g/mol. The maximum Gasteiger partial charge on any atom is 0.0927 e. The van der Waals surface area contributed by atoms with Crippen LogP contribution < -0.4 is 0 Å². The van der Waals surface area contributed by atoms with Gasteiger partial charge in [-0.25, -0.2) is 4.98 Å². The lowest BCUT2D eigenvalue weighted by molar-refractivity contribution is 1.27. The Morgan fingerprint density at radius 2 is 2.07 bits per heavy atom. The number of nitrogens with zero attached hydrogens (tertiary/aromatic N) is 1. The molecule has 1 aromatic heterocycles. The summed E-state index contributed by atoms with van der Waals surface area (Å²) in [6, 6.07) is 10.4. The predicted molar refractivity (Wildman–Crippen MR) is 57.8 cm³/mol. The molecule has 0 aliphatic rings. The normalized spacial score (nSPS) is 10.9. The van der Waals surface area contributed by atoms with E-state index in [9.17, 15) is 0 Å². The fourth-order valence-electron chi connectivity index (χ4n) is 1.29. The number of nitrogens with one attached hydrogen (secondary N) is 1. The molecule has 0 spiro atoms. The van der Waals surface area contributed by atoms with Gasteiger partial charge in [0.05, 0.1) is 12.0 Å². The summed E-state index contributed by atoms with van der Waals surface area (Å²) in [4.78, 5) is 7.02. The number of imidazole rings is 1. The molecule has 14 heavy (non-hydrogen) atoms. The topological polar surface area (TPSA) is 28.7 Å². The van der Waals surface area contributed by atoms with E-state index in [1.807, 2.05) is 18.3 Å². The van der Waals surface area contributed by atoms with Crippen LogP contribution in [0.4, 0.5) is 0 Å². The van der Waals surface area contributed by atoms with Gasteiger partial charge >= 0.3 is 0 Å². The lowest BCUT2D eigenvalue weighted by Crippen LogP contribution is -1.78. The highest BCUT2D eigenvalue weighted by Gasteiger charge is 1.87. The fraction of sp³-hybridized carbons (Fsp3) is 0.0833. The lowest BCUT2D eigenvalue weighted by Gasteiger charge is -1.93. The number of aromatic amines is 1. The van der Waals surface area contributed by atoms with Crippen molar-refractivity contribution in [1.29, 1.82) is 0 Å². The summed E-state index contributed by atoms with van der Waals surface area (Å²) in [5, 5.41) is 0. The van der Waals surface area contributed by atoms with Gasteiger partial charge in [0.15, 0.2) is 0 Å². The monoisotopic (exact) mass is 184 g/mol. The second kappa shape index (κ2) is 4.42. The van der Waals surface area contributed by atoms with Crippen LogP contribution >= 0.6 is 0 Å². The number of hydrogen-bond donors (Lipinski definition) is 1. The Balaban J connectivity index is 1.95. The number of aromatic nitrogens is 2. The molecular formula is C12H12N2. The molecule has 1 N–H and O–H groups in total. The fourth-order valence-corrected chi connectivity index (χ4v) is 1.29. The Bertz CT molecular complexity index is 388. The van der Waals surface area contributed by atoms with Crippen molar-refractivity contribution in [2.45, 2.75) is 6.42 Å². The SMILES string of the molecule is C(=C\c1c[nH]cn1)/Cc1ccccc1. The molecule has 2 aromatic rings. The van der Waals surface area contributed by atoms with Crippen LogP contribution in [0.15, 0.2) is 48.9 Å². The van der Waals surface area contributed by atoms with Crippen LogP contribution in [0.3, 0.4) is 0 Å². The molecule has 0 atom stereocenters. The summed E-state index contributed by atoms with van der Waals surface area (Å²) >= 11 is 0. The van der Waals surface area contributed by atoms with Crippen molar-refractivity contribution in [3.8, 4) is 0 Å². The van der Waals surface area contributed by atoms with Crippen LogP contribution in [0.5, 0.6) is 0 Å². The maximum atomic E-state index is 4.11. The van der Waals surface area contributed by atoms with Crippen LogP contribution in [0.2, 0.25) is 0 Å². The van der Waals surface area contributed by atoms with Gasteiger partial charge in [-0.2, -0.15) is 0 Å². The Kier molecular flexibility index (Phi) is 2.76. The maximum absolute atomic E-state index is 4.11. The molecule has 0 aliphatic heterocycles. The van der Waals surface area contributed by atoms with E-state index in [1.54, 1.807) is 6.33 Å². The summed E-state index contributed by atoms with van der Waals surface area (Å²) < 4.78 is 0. The third-order valence-electron chi connectivity index (χ3n) is 2.00. The molecule has 0 aliphatic carbocycles. The van der Waals surface area contributed by atoms with E-state index in [0.717, 1.165) is 12.1 Å². The van der Waals surface area contributed by atoms with Crippen molar-refractivity contribution >= 4 is 6.08 Å². The number of rotatable bonds is 3. The Morgan fingerprint density at radius 1 is 1.21 bits per heavy atom. The molecular weight excluding hydrogens is 172 g/mol. The van der Waals surface area contributed by atoms with Crippen molar-refractivity contribution in [2.24, 2.45) is 0 Å². The molecule has 2 heteroatoms. The number of hydrogen-bond acceptors (Lipinski definition) is 1. The molecule has 0 unspecified atom stereocenters. The van der Waals surface area contributed by atoms with Crippen molar-refractivity contribution in [3.05, 3.63) is 60.2 Å². The second-order valence-electron chi connectivity index (χ2n) is 3.09. The van der Waals surface area contributed by atoms with Crippen LogP contribution in [0.1, 0.15) is 11.3 Å². The molecule has 0 amide bonds. The van der Waals surface area contributed by atoms with Crippen LogP contribution in [-0.2, 0) is 6.42 Å². The number of benzene rings is 1. The number of allylic oxidation sites excluding steroid dienone is 1. The molecule has 0 radical (unpaired) electrons. The van der Waals surface area contributed by atoms with E-state index in [2.05, 4.69) is 40.3 Å². The van der Waals surface area contributed by atoms with Crippen molar-refractivity contribution in [2.75, 3.05) is 0 Å². The summed E-state index contributed by atoms with van der Waals surface area (Å²) in [6.45, 7) is 0. The van der Waals surface area contributed by atoms with Gasteiger partial charge < -0.3 is 4.98 Å². The molecule has 1 aromatic carbocycles. The second-order valence-corrected chi connectivity index (χ2v) is 3.09. The van der Waals surface area contributed by atoms with E-state index in [0.29, 0.717) is 0 Å². The Labute approximate surface area is 83.3 Å². The van der Waals surface area contributed by atoms with Gasteiger partial charge in [0.25, 0.3) is 0 Å². The zero-order chi connectivity index (χ0) is 9.64. The van der Waals surface area contributed by atoms with Gasteiger partial charge in [0, 0.05) is 6.20 Å². The molecule has 2 nitrogen and oxygen atoms in total. The molecule has 70 valence electrons. The van der Waals surface area contributed by atoms with Crippen molar-refractivity contribution < 1.29 is 0 Å². The van der Waals surface area contributed by atoms with Gasteiger partial charge in [-0.15, -0.1) is 0 Å². The molecule has 2 rings (SSSR count).